The van der Waals surface area contributed by atoms with Crippen LogP contribution in [0.5, 0.6) is 0 Å². The number of halogens is 4. The number of alkyl halides is 3. The summed E-state index contributed by atoms with van der Waals surface area (Å²) in [5, 5.41) is 5.69. The van der Waals surface area contributed by atoms with Crippen molar-refractivity contribution in [1.82, 2.24) is 15.1 Å². The summed E-state index contributed by atoms with van der Waals surface area (Å²) < 4.78 is 37.0. The average molecular weight is 285 g/mol. The fourth-order valence-electron chi connectivity index (χ4n) is 1.94. The van der Waals surface area contributed by atoms with E-state index in [0.717, 1.165) is 32.0 Å². The highest BCUT2D eigenvalue weighted by atomic mass is 35.5. The minimum Gasteiger partial charge on any atom is -0.328 e. The van der Waals surface area contributed by atoms with Crippen LogP contribution in [0.1, 0.15) is 24.2 Å². The summed E-state index contributed by atoms with van der Waals surface area (Å²) in [5.41, 5.74) is 5.39. The normalized spacial score (nSPS) is 18.7. The van der Waals surface area contributed by atoms with Crippen molar-refractivity contribution in [2.45, 2.75) is 31.6 Å². The molecule has 1 aliphatic heterocycles. The molecule has 0 saturated carbocycles. The number of H-pyrrole nitrogens is 1. The zero-order valence-corrected chi connectivity index (χ0v) is 10.5. The molecule has 18 heavy (non-hydrogen) atoms. The number of rotatable bonds is 2. The number of nitrogens with two attached hydrogens (primary N) is 1. The molecule has 0 aliphatic carbocycles. The second kappa shape index (κ2) is 5.90. The van der Waals surface area contributed by atoms with Crippen LogP contribution in [0.3, 0.4) is 0 Å². The van der Waals surface area contributed by atoms with Crippen molar-refractivity contribution in [3.05, 3.63) is 17.5 Å². The number of hydrogen-bond acceptors (Lipinski definition) is 3. The molecule has 2 heterocycles. The first-order valence-electron chi connectivity index (χ1n) is 5.54. The maximum Gasteiger partial charge on any atom is 0.435 e. The zero-order valence-electron chi connectivity index (χ0n) is 9.70. The Labute approximate surface area is 109 Å². The van der Waals surface area contributed by atoms with Gasteiger partial charge < -0.3 is 5.73 Å². The summed E-state index contributed by atoms with van der Waals surface area (Å²) in [5.74, 6) is 0. The number of aromatic amines is 1. The van der Waals surface area contributed by atoms with Crippen LogP contribution in [0.15, 0.2) is 6.07 Å². The Morgan fingerprint density at radius 3 is 2.50 bits per heavy atom. The van der Waals surface area contributed by atoms with Crippen LogP contribution >= 0.6 is 12.4 Å². The highest BCUT2D eigenvalue weighted by molar-refractivity contribution is 5.85. The van der Waals surface area contributed by atoms with Crippen LogP contribution < -0.4 is 5.73 Å². The van der Waals surface area contributed by atoms with Gasteiger partial charge in [-0.2, -0.15) is 18.3 Å². The van der Waals surface area contributed by atoms with E-state index in [1.165, 1.54) is 0 Å². The summed E-state index contributed by atoms with van der Waals surface area (Å²) in [7, 11) is 0. The van der Waals surface area contributed by atoms with E-state index in [1.54, 1.807) is 0 Å². The summed E-state index contributed by atoms with van der Waals surface area (Å²) in [6.07, 6.45) is -2.60. The van der Waals surface area contributed by atoms with Crippen LogP contribution in [0, 0.1) is 0 Å². The van der Waals surface area contributed by atoms with Gasteiger partial charge in [-0.3, -0.25) is 10.00 Å². The highest BCUT2D eigenvalue weighted by Crippen LogP contribution is 2.28. The van der Waals surface area contributed by atoms with Crippen molar-refractivity contribution in [3.63, 3.8) is 0 Å². The van der Waals surface area contributed by atoms with E-state index in [0.29, 0.717) is 12.2 Å². The van der Waals surface area contributed by atoms with E-state index >= 15 is 0 Å². The number of piperidine rings is 1. The van der Waals surface area contributed by atoms with E-state index in [2.05, 4.69) is 15.1 Å². The molecule has 1 fully saturated rings. The number of hydrogen-bond donors (Lipinski definition) is 2. The lowest BCUT2D eigenvalue weighted by Gasteiger charge is -2.29. The lowest BCUT2D eigenvalue weighted by molar-refractivity contribution is -0.141. The molecule has 0 atom stereocenters. The molecule has 0 radical (unpaired) electrons. The third-order valence-electron chi connectivity index (χ3n) is 2.95. The molecule has 0 spiro atoms. The number of nitrogens with one attached hydrogen (secondary N) is 1. The van der Waals surface area contributed by atoms with Crippen LogP contribution in [-0.2, 0) is 12.7 Å². The van der Waals surface area contributed by atoms with E-state index < -0.39 is 11.9 Å². The quantitative estimate of drug-likeness (QED) is 0.870. The van der Waals surface area contributed by atoms with Crippen LogP contribution in [0.2, 0.25) is 0 Å². The van der Waals surface area contributed by atoms with E-state index in [1.807, 2.05) is 0 Å². The average Bonchev–Trinajstić information content (AvgIpc) is 2.69. The first-order valence-corrected chi connectivity index (χ1v) is 5.54. The summed E-state index contributed by atoms with van der Waals surface area (Å²) in [6, 6.07) is 1.29. The minimum atomic E-state index is -4.38. The van der Waals surface area contributed by atoms with Gasteiger partial charge in [0.15, 0.2) is 5.69 Å². The van der Waals surface area contributed by atoms with E-state index in [9.17, 15) is 13.2 Å². The fourth-order valence-corrected chi connectivity index (χ4v) is 1.94. The van der Waals surface area contributed by atoms with E-state index in [-0.39, 0.29) is 18.4 Å². The first kappa shape index (κ1) is 15.3. The Bertz CT molecular complexity index is 371. The molecule has 0 amide bonds. The summed E-state index contributed by atoms with van der Waals surface area (Å²) in [6.45, 7) is 2.11. The molecule has 0 unspecified atom stereocenters. The van der Waals surface area contributed by atoms with Crippen LogP contribution in [0.4, 0.5) is 13.2 Å². The largest absolute Gasteiger partial charge is 0.435 e. The predicted octanol–water partition coefficient (Wildman–Crippen LogP) is 1.77. The summed E-state index contributed by atoms with van der Waals surface area (Å²) >= 11 is 0. The van der Waals surface area contributed by atoms with Crippen molar-refractivity contribution in [2.24, 2.45) is 5.73 Å². The molecule has 1 aliphatic rings. The smallest absolute Gasteiger partial charge is 0.328 e. The van der Waals surface area contributed by atoms with Crippen molar-refractivity contribution in [3.8, 4) is 0 Å². The molecule has 0 bridgehead atoms. The molecular formula is C10H16ClF3N4. The SMILES string of the molecule is Cl.NC1CCN(Cc2cc(C(F)(F)F)n[nH]2)CC1. The van der Waals surface area contributed by atoms with E-state index in [4.69, 9.17) is 5.73 Å². The van der Waals surface area contributed by atoms with Crippen LogP contribution in [0.25, 0.3) is 0 Å². The zero-order chi connectivity index (χ0) is 12.5. The second-order valence-corrected chi connectivity index (χ2v) is 4.39. The van der Waals surface area contributed by atoms with Gasteiger partial charge in [0.2, 0.25) is 0 Å². The standard InChI is InChI=1S/C10H15F3N4.ClH/c11-10(12,13)9-5-8(15-16-9)6-17-3-1-7(14)2-4-17;/h5,7H,1-4,6,14H2,(H,15,16);1H. The molecular weight excluding hydrogens is 269 g/mol. The van der Waals surface area contributed by atoms with Gasteiger partial charge in [0.1, 0.15) is 0 Å². The molecule has 104 valence electrons. The maximum atomic E-state index is 12.3. The molecule has 1 saturated heterocycles. The number of nitrogens with zero attached hydrogens (tertiary/aromatic N) is 2. The first-order chi connectivity index (χ1) is 7.95. The Kier molecular flexibility index (Phi) is 5.01. The Morgan fingerprint density at radius 2 is 2.00 bits per heavy atom. The van der Waals surface area contributed by atoms with Gasteiger partial charge in [-0.05, 0) is 18.9 Å². The molecule has 8 heteroatoms. The summed E-state index contributed by atoms with van der Waals surface area (Å²) in [4.78, 5) is 2.08. The highest BCUT2D eigenvalue weighted by Gasteiger charge is 2.34. The van der Waals surface area contributed by atoms with Crippen molar-refractivity contribution in [2.75, 3.05) is 13.1 Å². The third-order valence-corrected chi connectivity index (χ3v) is 2.95. The topological polar surface area (TPSA) is 57.9 Å². The van der Waals surface area contributed by atoms with Gasteiger partial charge in [0, 0.05) is 31.4 Å². The van der Waals surface area contributed by atoms with Gasteiger partial charge in [-0.1, -0.05) is 0 Å². The Morgan fingerprint density at radius 1 is 1.39 bits per heavy atom. The Hall–Kier alpha value is -0.790. The molecule has 0 aromatic carbocycles. The predicted molar refractivity (Wildman–Crippen MR) is 63.3 cm³/mol. The molecule has 1 aromatic heterocycles. The number of likely N-dealkylation sites (tertiary alicyclic amines) is 1. The molecule has 4 nitrogen and oxygen atoms in total. The van der Waals surface area contributed by atoms with Crippen LogP contribution in [-0.4, -0.2) is 34.2 Å². The minimum absolute atomic E-state index is 0. The van der Waals surface area contributed by atoms with Gasteiger partial charge in [-0.25, -0.2) is 0 Å². The maximum absolute atomic E-state index is 12.3. The lowest BCUT2D eigenvalue weighted by atomic mass is 10.1. The van der Waals surface area contributed by atoms with Gasteiger partial charge >= 0.3 is 6.18 Å². The van der Waals surface area contributed by atoms with Gasteiger partial charge in [0.25, 0.3) is 0 Å². The Balaban J connectivity index is 0.00000162. The van der Waals surface area contributed by atoms with Gasteiger partial charge in [-0.15, -0.1) is 12.4 Å². The van der Waals surface area contributed by atoms with Gasteiger partial charge in [0.05, 0.1) is 0 Å². The molecule has 2 rings (SSSR count). The molecule has 1 aromatic rings. The fraction of sp³-hybridized carbons (Fsp3) is 0.700. The monoisotopic (exact) mass is 284 g/mol. The molecule has 3 N–H and O–H groups in total. The third kappa shape index (κ3) is 3.86. The second-order valence-electron chi connectivity index (χ2n) is 4.39. The lowest BCUT2D eigenvalue weighted by Crippen LogP contribution is -2.39. The van der Waals surface area contributed by atoms with Crippen molar-refractivity contribution in [1.29, 1.82) is 0 Å². The number of aromatic nitrogens is 2. The van der Waals surface area contributed by atoms with Crippen molar-refractivity contribution >= 4 is 12.4 Å². The van der Waals surface area contributed by atoms with Crippen molar-refractivity contribution < 1.29 is 13.2 Å².